The molecule has 0 nitrogen and oxygen atoms in total. The molecule has 0 aliphatic carbocycles. The van der Waals surface area contributed by atoms with E-state index in [1.165, 1.54) is 12.1 Å². The van der Waals surface area contributed by atoms with Crippen LogP contribution in [0.25, 0.3) is 0 Å². The van der Waals surface area contributed by atoms with Crippen molar-refractivity contribution in [2.24, 2.45) is 0 Å². The molecular weight excluding hydrogens is 553 g/mol. The van der Waals surface area contributed by atoms with Crippen LogP contribution < -0.4 is 0 Å². The number of hydrogen-bond donors (Lipinski definition) is 0. The summed E-state index contributed by atoms with van der Waals surface area (Å²) >= 11 is 15.9. The fourth-order valence-electron chi connectivity index (χ4n) is 2.31. The van der Waals surface area contributed by atoms with Gasteiger partial charge in [-0.15, -0.1) is 0 Å². The van der Waals surface area contributed by atoms with Crippen LogP contribution in [-0.2, 0) is 0 Å². The Bertz CT molecular complexity index is 655. The zero-order chi connectivity index (χ0) is 20.6. The smallest absolute Gasteiger partial charge is 0.127 e. The Morgan fingerprint density at radius 2 is 1.19 bits per heavy atom. The van der Waals surface area contributed by atoms with Crippen LogP contribution in [0.1, 0.15) is 59.6 Å². The minimum Gasteiger partial charge on any atom is -0.207 e. The van der Waals surface area contributed by atoms with Gasteiger partial charge in [-0.1, -0.05) is 73.2 Å². The molecule has 2 atom stereocenters. The molecule has 6 heteroatoms. The summed E-state index contributed by atoms with van der Waals surface area (Å²) in [5.74, 6) is -0.360. The van der Waals surface area contributed by atoms with Crippen LogP contribution in [0, 0.1) is 25.5 Å². The van der Waals surface area contributed by atoms with Gasteiger partial charge in [0, 0.05) is 30.3 Å². The highest BCUT2D eigenvalue weighted by molar-refractivity contribution is 9.10. The van der Waals surface area contributed by atoms with Gasteiger partial charge in [0.15, 0.2) is 0 Å². The van der Waals surface area contributed by atoms with Crippen LogP contribution >= 0.6 is 59.4 Å². The third-order valence-corrected chi connectivity index (χ3v) is 5.77. The molecule has 2 aromatic rings. The van der Waals surface area contributed by atoms with Crippen molar-refractivity contribution in [2.75, 3.05) is 0 Å². The lowest BCUT2D eigenvalue weighted by atomic mass is 10.1. The van der Waals surface area contributed by atoms with E-state index in [4.69, 9.17) is 11.6 Å². The number of halogens is 6. The van der Waals surface area contributed by atoms with E-state index in [0.717, 1.165) is 21.2 Å². The van der Waals surface area contributed by atoms with Gasteiger partial charge in [0.1, 0.15) is 11.6 Å². The molecule has 146 valence electrons. The van der Waals surface area contributed by atoms with Crippen LogP contribution in [0.5, 0.6) is 0 Å². The first-order valence-corrected chi connectivity index (χ1v) is 11.2. The fourth-order valence-corrected chi connectivity index (χ4v) is 3.95. The van der Waals surface area contributed by atoms with E-state index in [0.29, 0.717) is 10.6 Å². The van der Waals surface area contributed by atoms with Crippen molar-refractivity contribution in [2.45, 2.75) is 51.2 Å². The van der Waals surface area contributed by atoms with Gasteiger partial charge in [0.25, 0.3) is 0 Å². The summed E-state index contributed by atoms with van der Waals surface area (Å²) in [4.78, 5) is 0.0474. The number of alkyl halides is 2. The summed E-state index contributed by atoms with van der Waals surface area (Å²) in [6.45, 7) is 11.5. The first-order chi connectivity index (χ1) is 12.1. The highest BCUT2D eigenvalue weighted by Crippen LogP contribution is 2.32. The summed E-state index contributed by atoms with van der Waals surface area (Å²) in [6.07, 6.45) is 0. The van der Waals surface area contributed by atoms with Gasteiger partial charge in [-0.2, -0.15) is 0 Å². The second kappa shape index (κ2) is 12.5. The number of benzene rings is 2. The topological polar surface area (TPSA) is 0 Å². The Hall–Kier alpha value is 0.0300. The lowest BCUT2D eigenvalue weighted by Gasteiger charge is -2.10. The minimum absolute atomic E-state index is 0.00352. The van der Waals surface area contributed by atoms with Gasteiger partial charge >= 0.3 is 0 Å². The van der Waals surface area contributed by atoms with E-state index in [1.54, 1.807) is 12.1 Å². The quantitative estimate of drug-likeness (QED) is 0.312. The Morgan fingerprint density at radius 1 is 0.808 bits per heavy atom. The van der Waals surface area contributed by atoms with Crippen molar-refractivity contribution < 1.29 is 8.78 Å². The van der Waals surface area contributed by atoms with E-state index in [9.17, 15) is 8.78 Å². The Morgan fingerprint density at radius 3 is 1.54 bits per heavy atom. The monoisotopic (exact) mass is 574 g/mol. The normalized spacial score (nSPS) is 12.3. The van der Waals surface area contributed by atoms with Crippen LogP contribution in [-0.4, -0.2) is 0 Å². The van der Waals surface area contributed by atoms with Gasteiger partial charge in [-0.25, -0.2) is 8.78 Å². The van der Waals surface area contributed by atoms with Gasteiger partial charge in [0.05, 0.1) is 0 Å². The number of rotatable bonds is 2. The molecular formula is C20H24Br3ClF2. The maximum Gasteiger partial charge on any atom is 0.127 e. The zero-order valence-electron chi connectivity index (χ0n) is 15.7. The molecule has 0 bridgehead atoms. The lowest BCUT2D eigenvalue weighted by Crippen LogP contribution is -1.95. The van der Waals surface area contributed by atoms with Crippen molar-refractivity contribution in [3.05, 3.63) is 67.6 Å². The van der Waals surface area contributed by atoms with Crippen molar-refractivity contribution in [1.82, 2.24) is 0 Å². The highest BCUT2D eigenvalue weighted by atomic mass is 79.9. The first kappa shape index (κ1) is 26.0. The average Bonchev–Trinajstić information content (AvgIpc) is 2.57. The molecule has 0 aliphatic rings. The second-order valence-corrected chi connectivity index (χ2v) is 9.38. The van der Waals surface area contributed by atoms with E-state index in [-0.39, 0.29) is 21.3 Å². The maximum atomic E-state index is 13.2. The van der Waals surface area contributed by atoms with Gasteiger partial charge in [-0.3, -0.25) is 0 Å². The van der Waals surface area contributed by atoms with Gasteiger partial charge in [0.2, 0.25) is 0 Å². The fraction of sp³-hybridized carbons (Fsp3) is 0.400. The van der Waals surface area contributed by atoms with Gasteiger partial charge in [-0.05, 0) is 63.1 Å². The molecule has 0 aliphatic heterocycles. The summed E-state index contributed by atoms with van der Waals surface area (Å²) < 4.78 is 27.4. The second-order valence-electron chi connectivity index (χ2n) is 5.37. The molecule has 26 heavy (non-hydrogen) atoms. The third kappa shape index (κ3) is 7.21. The summed E-state index contributed by atoms with van der Waals surface area (Å²) in [7, 11) is 0. The van der Waals surface area contributed by atoms with Crippen molar-refractivity contribution in [3.63, 3.8) is 0 Å². The minimum atomic E-state index is -0.207. The first-order valence-electron chi connectivity index (χ1n) is 8.25. The van der Waals surface area contributed by atoms with Crippen LogP contribution in [0.4, 0.5) is 8.78 Å². The lowest BCUT2D eigenvalue weighted by molar-refractivity contribution is 0.609. The third-order valence-electron chi connectivity index (χ3n) is 3.59. The molecule has 2 aromatic carbocycles. The maximum absolute atomic E-state index is 13.2. The largest absolute Gasteiger partial charge is 0.207 e. The molecule has 0 saturated heterocycles. The molecule has 0 aromatic heterocycles. The SMILES string of the molecule is CC.Cc1c(Br)ccc(F)c1C(C)Br.Cc1c(Cl)ccc(F)c1C(C)Br. The standard InChI is InChI=1S/C9H9Br2F.C9H9BrClF.C2H6/c2*1-5-7(11)3-4-8(12)9(5)6(2)10;1-2/h2*3-4,6H,1-2H3;1-2H3. The predicted molar refractivity (Wildman–Crippen MR) is 121 cm³/mol. The Balaban J connectivity index is 0.000000439. The summed E-state index contributed by atoms with van der Waals surface area (Å²) in [5.41, 5.74) is 3.13. The van der Waals surface area contributed by atoms with Crippen molar-refractivity contribution >= 4 is 59.4 Å². The van der Waals surface area contributed by atoms with E-state index in [1.807, 2.05) is 41.5 Å². The van der Waals surface area contributed by atoms with Crippen LogP contribution in [0.3, 0.4) is 0 Å². The summed E-state index contributed by atoms with van der Waals surface area (Å²) in [5, 5.41) is 0.609. The molecule has 0 heterocycles. The van der Waals surface area contributed by atoms with Crippen molar-refractivity contribution in [3.8, 4) is 0 Å². The molecule has 0 fully saturated rings. The predicted octanol–water partition coefficient (Wildman–Crippen LogP) is 9.62. The Labute approximate surface area is 186 Å². The van der Waals surface area contributed by atoms with E-state index in [2.05, 4.69) is 47.8 Å². The molecule has 0 spiro atoms. The van der Waals surface area contributed by atoms with Crippen LogP contribution in [0.15, 0.2) is 28.7 Å². The number of hydrogen-bond acceptors (Lipinski definition) is 0. The summed E-state index contributed by atoms with van der Waals surface area (Å²) in [6, 6.07) is 6.17. The molecule has 0 N–H and O–H groups in total. The van der Waals surface area contributed by atoms with Gasteiger partial charge < -0.3 is 0 Å². The Kier molecular flexibility index (Phi) is 12.5. The highest BCUT2D eigenvalue weighted by Gasteiger charge is 2.13. The molecule has 2 rings (SSSR count). The molecule has 2 unspecified atom stereocenters. The molecule has 0 radical (unpaired) electrons. The molecule has 0 saturated carbocycles. The van der Waals surface area contributed by atoms with Crippen LogP contribution in [0.2, 0.25) is 5.02 Å². The van der Waals surface area contributed by atoms with E-state index >= 15 is 0 Å². The zero-order valence-corrected chi connectivity index (χ0v) is 21.2. The average molecular weight is 578 g/mol. The van der Waals surface area contributed by atoms with Crippen molar-refractivity contribution in [1.29, 1.82) is 0 Å². The molecule has 0 amide bonds. The van der Waals surface area contributed by atoms with E-state index < -0.39 is 0 Å².